The molecule has 6 nitrogen and oxygen atoms in total. The molecule has 0 aliphatic heterocycles. The predicted molar refractivity (Wildman–Crippen MR) is 113 cm³/mol. The van der Waals surface area contributed by atoms with E-state index >= 15 is 0 Å². The maximum atomic E-state index is 12.3. The van der Waals surface area contributed by atoms with Gasteiger partial charge in [0.1, 0.15) is 0 Å². The zero-order valence-electron chi connectivity index (χ0n) is 17.0. The summed E-state index contributed by atoms with van der Waals surface area (Å²) in [7, 11) is 0.440. The number of anilines is 1. The summed E-state index contributed by atoms with van der Waals surface area (Å²) in [6.45, 7) is 4.81. The third-order valence-corrected chi connectivity index (χ3v) is 5.98. The van der Waals surface area contributed by atoms with Crippen molar-refractivity contribution >= 4 is 21.6 Å². The molecule has 0 atom stereocenters. The van der Waals surface area contributed by atoms with E-state index in [2.05, 4.69) is 14.9 Å². The lowest BCUT2D eigenvalue weighted by Crippen LogP contribution is -2.28. The van der Waals surface area contributed by atoms with Crippen LogP contribution in [0.4, 0.5) is 5.69 Å². The standard InChI is InChI=1S/C21H29N3O3S/c1-16-5-10-20(15-17(16)2)28(26,27)22-13-11-21(25)23-19-8-6-18(7-9-19)12-14-24(3)4/h5-10,15,22H,11-14H2,1-4H3,(H,23,25). The molecule has 0 spiro atoms. The number of carbonyl (C=O) groups is 1. The summed E-state index contributed by atoms with van der Waals surface area (Å²) < 4.78 is 27.2. The van der Waals surface area contributed by atoms with E-state index in [1.54, 1.807) is 18.2 Å². The van der Waals surface area contributed by atoms with Crippen LogP contribution in [0.3, 0.4) is 0 Å². The quantitative estimate of drug-likeness (QED) is 0.675. The van der Waals surface area contributed by atoms with Gasteiger partial charge in [0.2, 0.25) is 15.9 Å². The first-order valence-corrected chi connectivity index (χ1v) is 10.8. The Morgan fingerprint density at radius 2 is 1.68 bits per heavy atom. The van der Waals surface area contributed by atoms with E-state index in [1.807, 2.05) is 52.2 Å². The van der Waals surface area contributed by atoms with Crippen molar-refractivity contribution in [2.75, 3.05) is 32.5 Å². The molecule has 0 saturated carbocycles. The molecule has 7 heteroatoms. The van der Waals surface area contributed by atoms with Crippen LogP contribution in [0, 0.1) is 13.8 Å². The topological polar surface area (TPSA) is 78.5 Å². The second-order valence-corrected chi connectivity index (χ2v) is 8.96. The molecule has 0 unspecified atom stereocenters. The van der Waals surface area contributed by atoms with Gasteiger partial charge in [0, 0.05) is 25.2 Å². The molecule has 28 heavy (non-hydrogen) atoms. The van der Waals surface area contributed by atoms with E-state index in [-0.39, 0.29) is 23.8 Å². The van der Waals surface area contributed by atoms with Gasteiger partial charge in [0.15, 0.2) is 0 Å². The van der Waals surface area contributed by atoms with Crippen LogP contribution in [-0.2, 0) is 21.2 Å². The van der Waals surface area contributed by atoms with Crippen molar-refractivity contribution in [2.24, 2.45) is 0 Å². The molecule has 152 valence electrons. The second-order valence-electron chi connectivity index (χ2n) is 7.19. The maximum Gasteiger partial charge on any atom is 0.240 e. The number of sulfonamides is 1. The Bertz CT molecular complexity index is 907. The van der Waals surface area contributed by atoms with Gasteiger partial charge in [0.05, 0.1) is 4.90 Å². The van der Waals surface area contributed by atoms with Gasteiger partial charge >= 0.3 is 0 Å². The van der Waals surface area contributed by atoms with Gasteiger partial charge in [-0.25, -0.2) is 13.1 Å². The second kappa shape index (κ2) is 9.82. The van der Waals surface area contributed by atoms with Crippen molar-refractivity contribution in [3.05, 3.63) is 59.2 Å². The average molecular weight is 404 g/mol. The van der Waals surface area contributed by atoms with Gasteiger partial charge in [-0.05, 0) is 75.3 Å². The fourth-order valence-electron chi connectivity index (χ4n) is 2.59. The SMILES string of the molecule is Cc1ccc(S(=O)(=O)NCCC(=O)Nc2ccc(CCN(C)C)cc2)cc1C. The lowest BCUT2D eigenvalue weighted by molar-refractivity contribution is -0.116. The zero-order chi connectivity index (χ0) is 20.7. The van der Waals surface area contributed by atoms with Crippen LogP contribution in [0.5, 0.6) is 0 Å². The van der Waals surface area contributed by atoms with Gasteiger partial charge in [-0.2, -0.15) is 0 Å². The van der Waals surface area contributed by atoms with Crippen LogP contribution in [0.15, 0.2) is 47.4 Å². The number of hydrogen-bond donors (Lipinski definition) is 2. The molecular weight excluding hydrogens is 374 g/mol. The molecule has 0 aliphatic rings. The number of likely N-dealkylation sites (N-methyl/N-ethyl adjacent to an activating group) is 1. The fraction of sp³-hybridized carbons (Fsp3) is 0.381. The molecule has 2 aromatic rings. The van der Waals surface area contributed by atoms with Crippen molar-refractivity contribution in [3.8, 4) is 0 Å². The van der Waals surface area contributed by atoms with Crippen molar-refractivity contribution in [2.45, 2.75) is 31.6 Å². The normalized spacial score (nSPS) is 11.6. The minimum absolute atomic E-state index is 0.0437. The molecule has 0 aromatic heterocycles. The average Bonchev–Trinajstić information content (AvgIpc) is 2.63. The molecule has 0 bridgehead atoms. The number of nitrogens with zero attached hydrogens (tertiary/aromatic N) is 1. The minimum Gasteiger partial charge on any atom is -0.326 e. The smallest absolute Gasteiger partial charge is 0.240 e. The van der Waals surface area contributed by atoms with Crippen LogP contribution in [0.2, 0.25) is 0 Å². The molecule has 0 aliphatic carbocycles. The Kier molecular flexibility index (Phi) is 7.74. The highest BCUT2D eigenvalue weighted by molar-refractivity contribution is 7.89. The van der Waals surface area contributed by atoms with Crippen molar-refractivity contribution in [3.63, 3.8) is 0 Å². The van der Waals surface area contributed by atoms with E-state index < -0.39 is 10.0 Å². The van der Waals surface area contributed by atoms with Gasteiger partial charge < -0.3 is 10.2 Å². The van der Waals surface area contributed by atoms with Gasteiger partial charge in [0.25, 0.3) is 0 Å². The lowest BCUT2D eigenvalue weighted by Gasteiger charge is -2.11. The summed E-state index contributed by atoms with van der Waals surface area (Å²) in [4.78, 5) is 14.4. The molecule has 1 amide bonds. The van der Waals surface area contributed by atoms with Crippen LogP contribution in [-0.4, -0.2) is 46.4 Å². The summed E-state index contributed by atoms with van der Waals surface area (Å²) in [6, 6.07) is 12.7. The third kappa shape index (κ3) is 6.74. The monoisotopic (exact) mass is 403 g/mol. The zero-order valence-corrected chi connectivity index (χ0v) is 17.8. The largest absolute Gasteiger partial charge is 0.326 e. The molecule has 2 rings (SSSR count). The van der Waals surface area contributed by atoms with Gasteiger partial charge in [-0.3, -0.25) is 4.79 Å². The highest BCUT2D eigenvalue weighted by atomic mass is 32.2. The third-order valence-electron chi connectivity index (χ3n) is 4.52. The van der Waals surface area contributed by atoms with E-state index in [0.29, 0.717) is 5.69 Å². The predicted octanol–water partition coefficient (Wildman–Crippen LogP) is 2.71. The van der Waals surface area contributed by atoms with Gasteiger partial charge in [-0.1, -0.05) is 18.2 Å². The van der Waals surface area contributed by atoms with Crippen LogP contribution in [0.25, 0.3) is 0 Å². The number of amides is 1. The molecule has 0 radical (unpaired) electrons. The Hall–Kier alpha value is -2.22. The molecule has 2 N–H and O–H groups in total. The Labute approximate surface area is 168 Å². The number of nitrogens with one attached hydrogen (secondary N) is 2. The Balaban J connectivity index is 1.82. The summed E-state index contributed by atoms with van der Waals surface area (Å²) in [6.07, 6.45) is 1.01. The highest BCUT2D eigenvalue weighted by Gasteiger charge is 2.15. The number of rotatable bonds is 9. The number of carbonyl (C=O) groups excluding carboxylic acids is 1. The van der Waals surface area contributed by atoms with Crippen molar-refractivity contribution in [1.29, 1.82) is 0 Å². The van der Waals surface area contributed by atoms with Crippen molar-refractivity contribution < 1.29 is 13.2 Å². The van der Waals surface area contributed by atoms with Crippen molar-refractivity contribution in [1.82, 2.24) is 9.62 Å². The maximum absolute atomic E-state index is 12.3. The van der Waals surface area contributed by atoms with E-state index in [1.165, 1.54) is 5.56 Å². The van der Waals surface area contributed by atoms with Crippen LogP contribution >= 0.6 is 0 Å². The van der Waals surface area contributed by atoms with Crippen LogP contribution in [0.1, 0.15) is 23.1 Å². The highest BCUT2D eigenvalue weighted by Crippen LogP contribution is 2.15. The first-order chi connectivity index (χ1) is 13.2. The summed E-state index contributed by atoms with van der Waals surface area (Å²) in [5, 5.41) is 2.79. The fourth-order valence-corrected chi connectivity index (χ4v) is 3.71. The molecular formula is C21H29N3O3S. The lowest BCUT2D eigenvalue weighted by atomic mass is 10.1. The van der Waals surface area contributed by atoms with Crippen LogP contribution < -0.4 is 10.0 Å². The van der Waals surface area contributed by atoms with E-state index in [4.69, 9.17) is 0 Å². The summed E-state index contributed by atoms with van der Waals surface area (Å²) in [5.74, 6) is -0.233. The summed E-state index contributed by atoms with van der Waals surface area (Å²) in [5.41, 5.74) is 3.85. The molecule has 0 heterocycles. The van der Waals surface area contributed by atoms with E-state index in [9.17, 15) is 13.2 Å². The molecule has 0 fully saturated rings. The number of hydrogen-bond acceptors (Lipinski definition) is 4. The first-order valence-electron chi connectivity index (χ1n) is 9.28. The summed E-state index contributed by atoms with van der Waals surface area (Å²) >= 11 is 0. The Morgan fingerprint density at radius 3 is 2.29 bits per heavy atom. The minimum atomic E-state index is -3.62. The number of aryl methyl sites for hydroxylation is 2. The van der Waals surface area contributed by atoms with E-state index in [0.717, 1.165) is 24.1 Å². The Morgan fingerprint density at radius 1 is 1.00 bits per heavy atom. The first kappa shape index (κ1) is 22.1. The molecule has 0 saturated heterocycles. The number of benzene rings is 2. The van der Waals surface area contributed by atoms with Gasteiger partial charge in [-0.15, -0.1) is 0 Å². The molecule has 2 aromatic carbocycles.